The molecule has 9 N–H and O–H groups in total. The molecule has 2 heterocycles. The van der Waals surface area contributed by atoms with E-state index < -0.39 is 110 Å². The first-order valence-corrected chi connectivity index (χ1v) is 32.2. The van der Waals surface area contributed by atoms with Crippen molar-refractivity contribution >= 4 is 23.7 Å². The summed E-state index contributed by atoms with van der Waals surface area (Å²) in [5, 5.41) is 72.8. The van der Waals surface area contributed by atoms with Crippen LogP contribution in [0, 0.1) is 17.8 Å². The van der Waals surface area contributed by atoms with E-state index in [1.807, 2.05) is 6.92 Å². The van der Waals surface area contributed by atoms with Crippen molar-refractivity contribution in [2.24, 2.45) is 17.8 Å². The van der Waals surface area contributed by atoms with Gasteiger partial charge in [-0.15, -0.1) is 0 Å². The lowest BCUT2D eigenvalue weighted by molar-refractivity contribution is -0.338. The molecule has 0 radical (unpaired) electrons. The predicted molar refractivity (Wildman–Crippen MR) is 317 cm³/mol. The van der Waals surface area contributed by atoms with Gasteiger partial charge < -0.3 is 127 Å². The van der Waals surface area contributed by atoms with Crippen molar-refractivity contribution in [1.29, 1.82) is 0 Å². The summed E-state index contributed by atoms with van der Waals surface area (Å²) in [5.74, 6) is -3.65. The predicted octanol–water partition coefficient (Wildman–Crippen LogP) is -1.14. The maximum absolute atomic E-state index is 14.0. The van der Waals surface area contributed by atoms with Crippen LogP contribution in [0.25, 0.3) is 0 Å². The third-order valence-electron chi connectivity index (χ3n) is 15.7. The van der Waals surface area contributed by atoms with Gasteiger partial charge in [0.2, 0.25) is 17.7 Å². The minimum atomic E-state index is -1.69. The maximum atomic E-state index is 14.0. The summed E-state index contributed by atoms with van der Waals surface area (Å²) < 4.78 is 96.5. The van der Waals surface area contributed by atoms with Crippen LogP contribution >= 0.6 is 0 Å². The van der Waals surface area contributed by atoms with Crippen molar-refractivity contribution in [2.75, 3.05) is 179 Å². The summed E-state index contributed by atoms with van der Waals surface area (Å²) >= 11 is 0. The Morgan fingerprint density at radius 1 is 0.556 bits per heavy atom. The molecule has 30 nitrogen and oxygen atoms in total. The monoisotopic (exact) mass is 1300 g/mol. The molecule has 4 rings (SSSR count). The van der Waals surface area contributed by atoms with Crippen LogP contribution in [0.2, 0.25) is 0 Å². The first kappa shape index (κ1) is 79.4. The minimum Gasteiger partial charge on any atom is -0.479 e. The lowest BCUT2D eigenvalue weighted by Gasteiger charge is -2.49. The van der Waals surface area contributed by atoms with Crippen molar-refractivity contribution in [3.8, 4) is 0 Å². The second-order valence-electron chi connectivity index (χ2n) is 22.5. The molecule has 4 fully saturated rings. The molecule has 4 aliphatic rings. The Labute approximate surface area is 529 Å². The summed E-state index contributed by atoms with van der Waals surface area (Å²) in [7, 11) is 1.63. The summed E-state index contributed by atoms with van der Waals surface area (Å²) in [6.07, 6.45) is -11.1. The van der Waals surface area contributed by atoms with E-state index in [1.54, 1.807) is 7.11 Å². The van der Waals surface area contributed by atoms with Crippen LogP contribution < -0.4 is 16.0 Å². The topological polar surface area (TPSA) is 383 Å². The molecule has 2 saturated heterocycles. The van der Waals surface area contributed by atoms with Gasteiger partial charge in [0.25, 0.3) is 0 Å². The lowest BCUT2D eigenvalue weighted by Crippen LogP contribution is -2.67. The summed E-state index contributed by atoms with van der Waals surface area (Å²) in [6, 6.07) is -1.34. The molecule has 90 heavy (non-hydrogen) atoms. The van der Waals surface area contributed by atoms with Crippen LogP contribution in [0.3, 0.4) is 0 Å². The highest BCUT2D eigenvalue weighted by atomic mass is 16.7. The van der Waals surface area contributed by atoms with E-state index in [9.17, 15) is 49.8 Å². The largest absolute Gasteiger partial charge is 0.479 e. The average Bonchev–Trinajstić information content (AvgIpc) is 0.989. The molecule has 0 spiro atoms. The molecular weight excluding hydrogens is 1190 g/mol. The van der Waals surface area contributed by atoms with Gasteiger partial charge in [0.1, 0.15) is 42.7 Å². The van der Waals surface area contributed by atoms with Gasteiger partial charge in [-0.3, -0.25) is 14.4 Å². The Kier molecular flexibility index (Phi) is 43.0. The SMILES string of the molecule is CCC1CC(C(=O)NCCNC(=O)CCOCCOCCOCCOCCOCCOCCOCCOCCOCCOCCOCCOC)C[C@@H](O[C@@H]2OC(CO)[C@H](O)C(O[C@@H](CC3CCCCC3)C(=O)O)C2NC(C)=O)C1OC1O[C@@H](C)C(O)C(O)[C@@H]1O. The number of aliphatic carboxylic acids is 1. The number of carbonyl (C=O) groups excluding carboxylic acids is 3. The fraction of sp³-hybridized carbons (Fsp3) is 0.933. The number of aliphatic hydroxyl groups excluding tert-OH is 5. The van der Waals surface area contributed by atoms with Gasteiger partial charge in [0, 0.05) is 39.5 Å². The van der Waals surface area contributed by atoms with Gasteiger partial charge in [0.05, 0.1) is 177 Å². The molecule has 3 amide bonds. The van der Waals surface area contributed by atoms with Crippen LogP contribution in [0.4, 0.5) is 0 Å². The van der Waals surface area contributed by atoms with Gasteiger partial charge in [-0.1, -0.05) is 45.4 Å². The maximum Gasteiger partial charge on any atom is 0.332 e. The molecule has 0 bridgehead atoms. The molecule has 0 aromatic rings. The standard InChI is InChI=1S/C60H109N3O27/c1-5-44-38-45(39-46(55(44)90-60-54(70)53(69)51(67)41(2)86-60)88-59-50(63-42(3)65)56(52(68)48(40-64)89-59)87-47(58(72)73)37-43-9-7-6-8-10-43)57(71)62-13-12-61-49(66)11-14-75-17-18-77-21-22-79-25-26-81-29-30-83-33-34-85-36-35-84-32-31-82-28-27-80-24-23-78-20-19-76-16-15-74-4/h41,43-48,50-56,59-60,64,67-70H,5-40H2,1-4H3,(H,61,66)(H,62,71)(H,63,65)(H,72,73)/t41-,44?,45?,46+,47-,48?,50?,51?,52-,53?,54-,55?,56?,59+,60?/m0/s1. The van der Waals surface area contributed by atoms with Crippen molar-refractivity contribution in [1.82, 2.24) is 16.0 Å². The molecule has 9 unspecified atom stereocenters. The molecule has 30 heteroatoms. The number of hydrogen-bond donors (Lipinski definition) is 9. The van der Waals surface area contributed by atoms with Crippen molar-refractivity contribution in [2.45, 2.75) is 165 Å². The normalized spacial score (nSPS) is 27.7. The van der Waals surface area contributed by atoms with Crippen LogP contribution in [-0.4, -0.2) is 313 Å². The van der Waals surface area contributed by atoms with Crippen LogP contribution in [-0.2, 0) is 99.7 Å². The lowest BCUT2D eigenvalue weighted by atomic mass is 9.75. The number of ether oxygens (including phenoxy) is 17. The second-order valence-corrected chi connectivity index (χ2v) is 22.5. The van der Waals surface area contributed by atoms with Crippen LogP contribution in [0.5, 0.6) is 0 Å². The van der Waals surface area contributed by atoms with E-state index in [2.05, 4.69) is 16.0 Å². The molecular formula is C60H109N3O27. The Morgan fingerprint density at radius 3 is 1.49 bits per heavy atom. The zero-order chi connectivity index (χ0) is 65.1. The highest BCUT2D eigenvalue weighted by Crippen LogP contribution is 2.40. The molecule has 2 aliphatic carbocycles. The number of amides is 3. The fourth-order valence-corrected chi connectivity index (χ4v) is 10.8. The number of hydrogen-bond acceptors (Lipinski definition) is 26. The minimum absolute atomic E-state index is 0.0345. The number of nitrogens with one attached hydrogen (secondary N) is 3. The second kappa shape index (κ2) is 48.7. The Balaban J connectivity index is 1.07. The quantitative estimate of drug-likeness (QED) is 0.0325. The average molecular weight is 1300 g/mol. The molecule has 0 aromatic carbocycles. The molecule has 0 aromatic heterocycles. The molecule has 2 saturated carbocycles. The Morgan fingerprint density at radius 2 is 1.03 bits per heavy atom. The van der Waals surface area contributed by atoms with E-state index in [0.717, 1.165) is 32.1 Å². The zero-order valence-electron chi connectivity index (χ0n) is 53.4. The zero-order valence-corrected chi connectivity index (χ0v) is 53.4. The first-order chi connectivity index (χ1) is 43.7. The van der Waals surface area contributed by atoms with Crippen molar-refractivity contribution in [3.05, 3.63) is 0 Å². The highest BCUT2D eigenvalue weighted by molar-refractivity contribution is 5.79. The number of rotatable bonds is 52. The van der Waals surface area contributed by atoms with Crippen molar-refractivity contribution < 1.29 is 130 Å². The molecule has 15 atom stereocenters. The van der Waals surface area contributed by atoms with Crippen molar-refractivity contribution in [3.63, 3.8) is 0 Å². The number of methoxy groups -OCH3 is 1. The first-order valence-electron chi connectivity index (χ1n) is 32.2. The summed E-state index contributed by atoms with van der Waals surface area (Å²) in [5.41, 5.74) is 0. The van der Waals surface area contributed by atoms with Gasteiger partial charge in [-0.25, -0.2) is 4.79 Å². The van der Waals surface area contributed by atoms with E-state index in [-0.39, 0.29) is 69.7 Å². The third kappa shape index (κ3) is 32.0. The summed E-state index contributed by atoms with van der Waals surface area (Å²) in [4.78, 5) is 52.1. The number of carbonyl (C=O) groups is 4. The van der Waals surface area contributed by atoms with Gasteiger partial charge in [-0.2, -0.15) is 0 Å². The smallest absolute Gasteiger partial charge is 0.332 e. The van der Waals surface area contributed by atoms with Gasteiger partial charge >= 0.3 is 5.97 Å². The Hall–Kier alpha value is -3.00. The van der Waals surface area contributed by atoms with E-state index in [1.165, 1.54) is 13.8 Å². The van der Waals surface area contributed by atoms with E-state index >= 15 is 0 Å². The number of carboxylic acid groups (broad SMARTS) is 1. The third-order valence-corrected chi connectivity index (χ3v) is 15.7. The van der Waals surface area contributed by atoms with E-state index in [0.29, 0.717) is 145 Å². The number of carboxylic acids is 1. The Bertz CT molecular complexity index is 1870. The van der Waals surface area contributed by atoms with Gasteiger partial charge in [0.15, 0.2) is 18.7 Å². The molecule has 526 valence electrons. The number of aliphatic hydroxyl groups is 5. The summed E-state index contributed by atoms with van der Waals surface area (Å²) in [6.45, 7) is 14.0. The van der Waals surface area contributed by atoms with Crippen LogP contribution in [0.1, 0.15) is 85.0 Å². The molecule has 2 aliphatic heterocycles. The van der Waals surface area contributed by atoms with Gasteiger partial charge in [-0.05, 0) is 38.0 Å². The fourth-order valence-electron chi connectivity index (χ4n) is 10.8. The van der Waals surface area contributed by atoms with E-state index in [4.69, 9.17) is 80.5 Å². The van der Waals surface area contributed by atoms with Crippen LogP contribution in [0.15, 0.2) is 0 Å². The highest BCUT2D eigenvalue weighted by Gasteiger charge is 2.53.